The van der Waals surface area contributed by atoms with Crippen LogP contribution in [0.15, 0.2) is 94.7 Å². The minimum Gasteiger partial charge on any atom is -0.272 e. The number of carbonyl (C=O) groups is 1. The highest BCUT2D eigenvalue weighted by atomic mass is 32.2. The summed E-state index contributed by atoms with van der Waals surface area (Å²) in [5, 5.41) is 18.8. The first-order valence-electron chi connectivity index (χ1n) is 12.7. The molecule has 196 valence electrons. The number of tetrazole rings is 1. The fraction of sp³-hybridized carbons (Fsp3) is 0.207. The number of rotatable bonds is 6. The molecule has 1 fully saturated rings. The normalized spacial score (nSPS) is 19.7. The number of amides is 1. The SMILES string of the molecule is O=C(CSc1nnnn1-c1ccccc1)N1N=C2C(=Cc3ccc(F)cc3)CCCC2C1c1ccc(F)cc1. The zero-order valence-electron chi connectivity index (χ0n) is 20.8. The zero-order valence-corrected chi connectivity index (χ0v) is 21.6. The van der Waals surface area contributed by atoms with Crippen LogP contribution < -0.4 is 0 Å². The van der Waals surface area contributed by atoms with Crippen molar-refractivity contribution in [1.82, 2.24) is 25.2 Å². The molecule has 1 saturated carbocycles. The summed E-state index contributed by atoms with van der Waals surface area (Å²) in [5.41, 5.74) is 4.38. The number of thioether (sulfide) groups is 1. The molecule has 6 rings (SSSR count). The number of fused-ring (bicyclic) bond motifs is 1. The number of carbonyl (C=O) groups excluding carboxylic acids is 1. The lowest BCUT2D eigenvalue weighted by atomic mass is 9.77. The first-order valence-corrected chi connectivity index (χ1v) is 13.6. The summed E-state index contributed by atoms with van der Waals surface area (Å²) >= 11 is 1.24. The molecular weight excluding hydrogens is 518 g/mol. The predicted octanol–water partition coefficient (Wildman–Crippen LogP) is 5.86. The molecule has 7 nitrogen and oxygen atoms in total. The molecular formula is C29H24F2N6OS. The molecule has 0 spiro atoms. The van der Waals surface area contributed by atoms with Gasteiger partial charge in [-0.3, -0.25) is 4.79 Å². The van der Waals surface area contributed by atoms with E-state index in [-0.39, 0.29) is 35.3 Å². The number of hydrogen-bond donors (Lipinski definition) is 0. The van der Waals surface area contributed by atoms with Gasteiger partial charge in [0.1, 0.15) is 11.6 Å². The van der Waals surface area contributed by atoms with E-state index in [2.05, 4.69) is 15.5 Å². The van der Waals surface area contributed by atoms with E-state index in [9.17, 15) is 13.6 Å². The third-order valence-corrected chi connectivity index (χ3v) is 7.85. The number of halogens is 2. The molecule has 1 aliphatic carbocycles. The van der Waals surface area contributed by atoms with Crippen molar-refractivity contribution in [3.63, 3.8) is 0 Å². The highest BCUT2D eigenvalue weighted by molar-refractivity contribution is 7.99. The highest BCUT2D eigenvalue weighted by Crippen LogP contribution is 2.44. The van der Waals surface area contributed by atoms with Gasteiger partial charge < -0.3 is 0 Å². The fourth-order valence-corrected chi connectivity index (χ4v) is 5.90. The van der Waals surface area contributed by atoms with Crippen molar-refractivity contribution in [3.8, 4) is 5.69 Å². The Morgan fingerprint density at radius 1 is 0.974 bits per heavy atom. The molecule has 2 heterocycles. The Bertz CT molecular complexity index is 1540. The molecule has 0 N–H and O–H groups in total. The topological polar surface area (TPSA) is 76.3 Å². The number of benzene rings is 3. The van der Waals surface area contributed by atoms with E-state index in [0.717, 1.165) is 47.4 Å². The van der Waals surface area contributed by atoms with Gasteiger partial charge in [0.25, 0.3) is 5.91 Å². The molecule has 1 aliphatic heterocycles. The van der Waals surface area contributed by atoms with Gasteiger partial charge in [-0.1, -0.05) is 54.2 Å². The summed E-state index contributed by atoms with van der Waals surface area (Å²) in [4.78, 5) is 13.7. The first-order chi connectivity index (χ1) is 19.1. The Hall–Kier alpha value is -4.18. The second kappa shape index (κ2) is 10.9. The van der Waals surface area contributed by atoms with Gasteiger partial charge >= 0.3 is 0 Å². The molecule has 0 radical (unpaired) electrons. The average Bonchev–Trinajstić information content (AvgIpc) is 3.60. The van der Waals surface area contributed by atoms with Gasteiger partial charge in [0.05, 0.1) is 23.2 Å². The molecule has 2 aliphatic rings. The molecule has 2 atom stereocenters. The van der Waals surface area contributed by atoms with Gasteiger partial charge in [-0.2, -0.15) is 9.78 Å². The van der Waals surface area contributed by atoms with Crippen molar-refractivity contribution in [3.05, 3.63) is 107 Å². The van der Waals surface area contributed by atoms with Crippen molar-refractivity contribution in [1.29, 1.82) is 0 Å². The minimum absolute atomic E-state index is 0.0282. The van der Waals surface area contributed by atoms with E-state index in [0.29, 0.717) is 5.16 Å². The van der Waals surface area contributed by atoms with Gasteiger partial charge in [-0.05, 0) is 88.9 Å². The number of nitrogens with zero attached hydrogens (tertiary/aromatic N) is 6. The summed E-state index contributed by atoms with van der Waals surface area (Å²) in [6.45, 7) is 0. The van der Waals surface area contributed by atoms with Crippen molar-refractivity contribution >= 4 is 29.5 Å². The highest BCUT2D eigenvalue weighted by Gasteiger charge is 2.43. The van der Waals surface area contributed by atoms with E-state index in [1.807, 2.05) is 36.4 Å². The van der Waals surface area contributed by atoms with Crippen LogP contribution in [0.25, 0.3) is 11.8 Å². The van der Waals surface area contributed by atoms with Crippen LogP contribution in [0.1, 0.15) is 36.4 Å². The maximum absolute atomic E-state index is 13.8. The van der Waals surface area contributed by atoms with E-state index in [1.54, 1.807) is 34.0 Å². The molecule has 39 heavy (non-hydrogen) atoms. The van der Waals surface area contributed by atoms with Crippen LogP contribution in [-0.2, 0) is 4.79 Å². The van der Waals surface area contributed by atoms with Crippen LogP contribution in [0.5, 0.6) is 0 Å². The van der Waals surface area contributed by atoms with E-state index in [4.69, 9.17) is 5.10 Å². The minimum atomic E-state index is -0.351. The Morgan fingerprint density at radius 3 is 2.44 bits per heavy atom. The lowest BCUT2D eigenvalue weighted by molar-refractivity contribution is -0.130. The van der Waals surface area contributed by atoms with Gasteiger partial charge in [0.2, 0.25) is 5.16 Å². The molecule has 4 aromatic rings. The molecule has 3 aromatic carbocycles. The van der Waals surface area contributed by atoms with Crippen molar-refractivity contribution in [2.24, 2.45) is 11.0 Å². The Kier molecular flexibility index (Phi) is 7.02. The summed E-state index contributed by atoms with van der Waals surface area (Å²) in [6.07, 6.45) is 4.61. The van der Waals surface area contributed by atoms with Crippen LogP contribution in [0.2, 0.25) is 0 Å². The lowest BCUT2D eigenvalue weighted by Crippen LogP contribution is -2.33. The van der Waals surface area contributed by atoms with E-state index in [1.165, 1.54) is 36.0 Å². The summed E-state index contributed by atoms with van der Waals surface area (Å²) < 4.78 is 28.8. The second-order valence-electron chi connectivity index (χ2n) is 9.44. The average molecular weight is 543 g/mol. The maximum atomic E-state index is 13.8. The molecule has 0 saturated heterocycles. The van der Waals surface area contributed by atoms with E-state index < -0.39 is 0 Å². The fourth-order valence-electron chi connectivity index (χ4n) is 5.15. The van der Waals surface area contributed by atoms with Crippen LogP contribution in [0.4, 0.5) is 8.78 Å². The Balaban J connectivity index is 1.30. The van der Waals surface area contributed by atoms with Crippen molar-refractivity contribution < 1.29 is 13.6 Å². The van der Waals surface area contributed by atoms with Gasteiger partial charge in [-0.25, -0.2) is 13.8 Å². The molecule has 2 unspecified atom stereocenters. The molecule has 0 bridgehead atoms. The monoisotopic (exact) mass is 542 g/mol. The molecule has 10 heteroatoms. The van der Waals surface area contributed by atoms with Crippen LogP contribution >= 0.6 is 11.8 Å². The third kappa shape index (κ3) is 5.24. The summed E-state index contributed by atoms with van der Waals surface area (Å²) in [5.74, 6) is -0.773. The molecule has 1 aromatic heterocycles. The number of aromatic nitrogens is 4. The maximum Gasteiger partial charge on any atom is 0.253 e. The summed E-state index contributed by atoms with van der Waals surface area (Å²) in [6, 6.07) is 21.7. The van der Waals surface area contributed by atoms with Crippen molar-refractivity contribution in [2.45, 2.75) is 30.5 Å². The van der Waals surface area contributed by atoms with Crippen LogP contribution in [0, 0.1) is 17.6 Å². The Morgan fingerprint density at radius 2 is 1.69 bits per heavy atom. The standard InChI is InChI=1S/C29H24F2N6OS/c30-22-13-9-19(10-14-22)17-21-5-4-8-25-27(21)33-37(28(25)20-11-15-23(31)16-12-20)26(38)18-39-29-32-34-35-36(29)24-6-2-1-3-7-24/h1-3,6-7,9-17,25,28H,4-5,8,18H2. The van der Waals surface area contributed by atoms with E-state index >= 15 is 0 Å². The van der Waals surface area contributed by atoms with Crippen LogP contribution in [-0.4, -0.2) is 42.6 Å². The zero-order chi connectivity index (χ0) is 26.8. The predicted molar refractivity (Wildman–Crippen MR) is 145 cm³/mol. The third-order valence-electron chi connectivity index (χ3n) is 6.95. The molecule has 1 amide bonds. The van der Waals surface area contributed by atoms with Gasteiger partial charge in [-0.15, -0.1) is 5.10 Å². The number of allylic oxidation sites excluding steroid dienone is 1. The lowest BCUT2D eigenvalue weighted by Gasteiger charge is -2.29. The number of hydrazone groups is 1. The number of hydrogen-bond acceptors (Lipinski definition) is 6. The Labute approximate surface area is 228 Å². The van der Waals surface area contributed by atoms with Gasteiger partial charge in [0.15, 0.2) is 0 Å². The number of para-hydroxylation sites is 1. The quantitative estimate of drug-likeness (QED) is 0.286. The smallest absolute Gasteiger partial charge is 0.253 e. The second-order valence-corrected chi connectivity index (χ2v) is 10.4. The summed E-state index contributed by atoms with van der Waals surface area (Å²) in [7, 11) is 0. The first kappa shape index (κ1) is 25.1. The van der Waals surface area contributed by atoms with Gasteiger partial charge in [0, 0.05) is 5.92 Å². The van der Waals surface area contributed by atoms with Crippen LogP contribution in [0.3, 0.4) is 0 Å². The largest absolute Gasteiger partial charge is 0.272 e. The van der Waals surface area contributed by atoms with Crippen molar-refractivity contribution in [2.75, 3.05) is 5.75 Å².